The fourth-order valence-electron chi connectivity index (χ4n) is 3.29. The van der Waals surface area contributed by atoms with Gasteiger partial charge in [-0.25, -0.2) is 4.98 Å². The lowest BCUT2D eigenvalue weighted by atomic mass is 10.0. The van der Waals surface area contributed by atoms with Crippen LogP contribution in [0.1, 0.15) is 35.9 Å². The maximum atomic E-state index is 12.6. The predicted octanol–water partition coefficient (Wildman–Crippen LogP) is 3.16. The fourth-order valence-corrected chi connectivity index (χ4v) is 3.29. The maximum Gasteiger partial charge on any atom is 0.271 e. The monoisotopic (exact) mass is 366 g/mol. The third-order valence-corrected chi connectivity index (χ3v) is 4.78. The zero-order valence-electron chi connectivity index (χ0n) is 16.1. The van der Waals surface area contributed by atoms with Crippen molar-refractivity contribution in [2.24, 2.45) is 0 Å². The normalized spacial score (nSPS) is 12.3. The van der Waals surface area contributed by atoms with Crippen molar-refractivity contribution in [3.05, 3.63) is 66.1 Å². The van der Waals surface area contributed by atoms with Crippen molar-refractivity contribution in [3.8, 4) is 5.75 Å². The van der Waals surface area contributed by atoms with Crippen molar-refractivity contribution >= 4 is 11.6 Å². The smallest absolute Gasteiger partial charge is 0.271 e. The second kappa shape index (κ2) is 8.68. The Morgan fingerprint density at radius 3 is 2.74 bits per heavy atom. The quantitative estimate of drug-likeness (QED) is 0.665. The fraction of sp³-hybridized carbons (Fsp3) is 0.333. The van der Waals surface area contributed by atoms with Crippen molar-refractivity contribution in [2.75, 3.05) is 26.7 Å². The molecule has 1 N–H and O–H groups in total. The van der Waals surface area contributed by atoms with Gasteiger partial charge in [-0.1, -0.05) is 32.0 Å². The molecule has 1 aromatic carbocycles. The number of hydrogen-bond donors (Lipinski definition) is 1. The third kappa shape index (κ3) is 4.28. The summed E-state index contributed by atoms with van der Waals surface area (Å²) in [5.74, 6) is 0.648. The van der Waals surface area contributed by atoms with Crippen molar-refractivity contribution in [2.45, 2.75) is 19.9 Å². The maximum absolute atomic E-state index is 12.6. The van der Waals surface area contributed by atoms with Crippen LogP contribution >= 0.6 is 0 Å². The lowest BCUT2D eigenvalue weighted by Gasteiger charge is -2.30. The Morgan fingerprint density at radius 1 is 1.22 bits per heavy atom. The molecule has 0 aliphatic rings. The minimum Gasteiger partial charge on any atom is -0.497 e. The molecule has 0 saturated heterocycles. The van der Waals surface area contributed by atoms with Gasteiger partial charge >= 0.3 is 0 Å². The number of nitrogens with zero attached hydrogens (tertiary/aromatic N) is 3. The largest absolute Gasteiger partial charge is 0.497 e. The molecule has 6 heteroatoms. The number of pyridine rings is 1. The number of amides is 1. The molecule has 0 spiro atoms. The Bertz CT molecular complexity index is 869. The highest BCUT2D eigenvalue weighted by molar-refractivity contribution is 5.92. The van der Waals surface area contributed by atoms with Gasteiger partial charge in [-0.3, -0.25) is 9.69 Å². The van der Waals surface area contributed by atoms with Gasteiger partial charge in [-0.2, -0.15) is 0 Å². The van der Waals surface area contributed by atoms with Crippen molar-refractivity contribution < 1.29 is 9.53 Å². The van der Waals surface area contributed by atoms with Crippen molar-refractivity contribution in [3.63, 3.8) is 0 Å². The number of carbonyl (C=O) groups excluding carboxylic acids is 1. The van der Waals surface area contributed by atoms with Gasteiger partial charge in [0.15, 0.2) is 0 Å². The SMILES string of the molecule is CCN(CC)C(CNC(=O)c1cn2ccccc2n1)c1cccc(OC)c1. The summed E-state index contributed by atoms with van der Waals surface area (Å²) in [5, 5.41) is 3.05. The molecule has 1 amide bonds. The molecule has 1 atom stereocenters. The second-order valence-electron chi connectivity index (χ2n) is 6.32. The molecule has 6 nitrogen and oxygen atoms in total. The van der Waals surface area contributed by atoms with E-state index in [1.807, 2.05) is 47.0 Å². The topological polar surface area (TPSA) is 58.9 Å². The number of methoxy groups -OCH3 is 1. The molecule has 0 bridgehead atoms. The average molecular weight is 366 g/mol. The number of likely N-dealkylation sites (N-methyl/N-ethyl adjacent to an activating group) is 1. The highest BCUT2D eigenvalue weighted by atomic mass is 16.5. The number of benzene rings is 1. The van der Waals surface area contributed by atoms with E-state index in [1.54, 1.807) is 13.3 Å². The minimum absolute atomic E-state index is 0.0658. The van der Waals surface area contributed by atoms with E-state index in [0.717, 1.165) is 30.0 Å². The van der Waals surface area contributed by atoms with Gasteiger partial charge in [0.1, 0.15) is 17.1 Å². The molecule has 0 radical (unpaired) electrons. The number of nitrogens with one attached hydrogen (secondary N) is 1. The molecule has 2 aromatic heterocycles. The van der Waals surface area contributed by atoms with Crippen LogP contribution in [-0.2, 0) is 0 Å². The minimum atomic E-state index is -0.168. The molecule has 27 heavy (non-hydrogen) atoms. The van der Waals surface area contributed by atoms with E-state index in [0.29, 0.717) is 12.2 Å². The summed E-state index contributed by atoms with van der Waals surface area (Å²) in [6, 6.07) is 13.8. The highest BCUT2D eigenvalue weighted by Gasteiger charge is 2.20. The highest BCUT2D eigenvalue weighted by Crippen LogP contribution is 2.24. The van der Waals surface area contributed by atoms with Crippen molar-refractivity contribution in [1.29, 1.82) is 0 Å². The van der Waals surface area contributed by atoms with Gasteiger partial charge in [0.25, 0.3) is 5.91 Å². The Kier molecular flexibility index (Phi) is 6.08. The zero-order valence-corrected chi connectivity index (χ0v) is 16.1. The average Bonchev–Trinajstić information content (AvgIpc) is 3.15. The van der Waals surface area contributed by atoms with E-state index in [-0.39, 0.29) is 11.9 Å². The Labute approximate surface area is 159 Å². The summed E-state index contributed by atoms with van der Waals surface area (Å²) in [6.07, 6.45) is 3.64. The standard InChI is InChI=1S/C21H26N4O2/c1-4-24(5-2)19(16-9-8-10-17(13-16)27-3)14-22-21(26)18-15-25-12-7-6-11-20(25)23-18/h6-13,15,19H,4-5,14H2,1-3H3,(H,22,26). The van der Waals surface area contributed by atoms with Crippen LogP contribution in [0.4, 0.5) is 0 Å². The van der Waals surface area contributed by atoms with Crippen LogP contribution in [0.2, 0.25) is 0 Å². The molecule has 1 unspecified atom stereocenters. The number of fused-ring (bicyclic) bond motifs is 1. The first-order valence-corrected chi connectivity index (χ1v) is 9.26. The molecule has 142 valence electrons. The summed E-state index contributed by atoms with van der Waals surface area (Å²) in [4.78, 5) is 19.4. The molecule has 2 heterocycles. The number of carbonyl (C=O) groups is 1. The lowest BCUT2D eigenvalue weighted by molar-refractivity contribution is 0.0930. The van der Waals surface area contributed by atoms with Gasteiger partial charge in [-0.15, -0.1) is 0 Å². The van der Waals surface area contributed by atoms with Crippen LogP contribution in [0, 0.1) is 0 Å². The van der Waals surface area contributed by atoms with Crippen LogP contribution < -0.4 is 10.1 Å². The van der Waals surface area contributed by atoms with Crippen LogP contribution in [0.3, 0.4) is 0 Å². The summed E-state index contributed by atoms with van der Waals surface area (Å²) >= 11 is 0. The Morgan fingerprint density at radius 2 is 2.04 bits per heavy atom. The molecule has 0 aliphatic carbocycles. The molecule has 3 rings (SSSR count). The third-order valence-electron chi connectivity index (χ3n) is 4.78. The first-order chi connectivity index (χ1) is 13.2. The van der Waals surface area contributed by atoms with Gasteiger partial charge in [-0.05, 0) is 42.9 Å². The molecular formula is C21H26N4O2. The molecule has 0 aliphatic heterocycles. The van der Waals surface area contributed by atoms with Crippen LogP contribution in [-0.4, -0.2) is 46.9 Å². The van der Waals surface area contributed by atoms with Crippen LogP contribution in [0.25, 0.3) is 5.65 Å². The molecule has 0 saturated carbocycles. The van der Waals surface area contributed by atoms with E-state index in [1.165, 1.54) is 0 Å². The summed E-state index contributed by atoms with van der Waals surface area (Å²) in [5.41, 5.74) is 2.30. The number of hydrogen-bond acceptors (Lipinski definition) is 4. The van der Waals surface area contributed by atoms with E-state index >= 15 is 0 Å². The van der Waals surface area contributed by atoms with Crippen LogP contribution in [0.15, 0.2) is 54.9 Å². The van der Waals surface area contributed by atoms with Crippen molar-refractivity contribution in [1.82, 2.24) is 19.6 Å². The van der Waals surface area contributed by atoms with Gasteiger partial charge in [0.05, 0.1) is 13.2 Å². The predicted molar refractivity (Wildman–Crippen MR) is 106 cm³/mol. The number of aromatic nitrogens is 2. The van der Waals surface area contributed by atoms with Gasteiger partial charge < -0.3 is 14.5 Å². The second-order valence-corrected chi connectivity index (χ2v) is 6.32. The van der Waals surface area contributed by atoms with Crippen LogP contribution in [0.5, 0.6) is 5.75 Å². The Balaban J connectivity index is 1.78. The lowest BCUT2D eigenvalue weighted by Crippen LogP contribution is -2.38. The molecule has 0 fully saturated rings. The molecule has 3 aromatic rings. The summed E-state index contributed by atoms with van der Waals surface area (Å²) in [6.45, 7) is 6.54. The van der Waals surface area contributed by atoms with E-state index in [9.17, 15) is 4.79 Å². The summed E-state index contributed by atoms with van der Waals surface area (Å²) < 4.78 is 7.21. The van der Waals surface area contributed by atoms with E-state index in [2.05, 4.69) is 35.1 Å². The number of imidazole rings is 1. The summed E-state index contributed by atoms with van der Waals surface area (Å²) in [7, 11) is 1.66. The van der Waals surface area contributed by atoms with E-state index in [4.69, 9.17) is 4.74 Å². The van der Waals surface area contributed by atoms with Gasteiger partial charge in [0, 0.05) is 18.9 Å². The molecular weight excluding hydrogens is 340 g/mol. The number of ether oxygens (including phenoxy) is 1. The van der Waals surface area contributed by atoms with Gasteiger partial charge in [0.2, 0.25) is 0 Å². The number of rotatable bonds is 8. The first kappa shape index (κ1) is 18.9. The Hall–Kier alpha value is -2.86. The first-order valence-electron chi connectivity index (χ1n) is 9.26. The zero-order chi connectivity index (χ0) is 19.2. The van der Waals surface area contributed by atoms with E-state index < -0.39 is 0 Å².